The molecule has 0 bridgehead atoms. The van der Waals surface area contributed by atoms with Crippen molar-refractivity contribution in [3.8, 4) is 0 Å². The lowest BCUT2D eigenvalue weighted by atomic mass is 9.95. The van der Waals surface area contributed by atoms with Crippen LogP contribution in [0.15, 0.2) is 35.7 Å². The summed E-state index contributed by atoms with van der Waals surface area (Å²) >= 11 is 1.22. The fourth-order valence-electron chi connectivity index (χ4n) is 4.59. The van der Waals surface area contributed by atoms with Crippen LogP contribution in [0.5, 0.6) is 0 Å². The average molecular weight is 574 g/mol. The summed E-state index contributed by atoms with van der Waals surface area (Å²) < 4.78 is 5.63. The zero-order valence-corrected chi connectivity index (χ0v) is 25.4. The number of hydrogen-bond acceptors (Lipinski definition) is 7. The molecule has 2 N–H and O–H groups in total. The van der Waals surface area contributed by atoms with Crippen molar-refractivity contribution < 1.29 is 29.0 Å². The van der Waals surface area contributed by atoms with Gasteiger partial charge in [0, 0.05) is 44.3 Å². The highest BCUT2D eigenvalue weighted by Gasteiger charge is 2.31. The topological polar surface area (TPSA) is 126 Å². The van der Waals surface area contributed by atoms with Gasteiger partial charge in [-0.2, -0.15) is 0 Å². The number of aliphatic carboxylic acids is 1. The van der Waals surface area contributed by atoms with E-state index in [2.05, 4.69) is 10.3 Å². The van der Waals surface area contributed by atoms with Gasteiger partial charge in [-0.25, -0.2) is 4.98 Å². The van der Waals surface area contributed by atoms with Crippen molar-refractivity contribution in [2.75, 3.05) is 7.05 Å². The summed E-state index contributed by atoms with van der Waals surface area (Å²) in [6.45, 7) is 11.0. The van der Waals surface area contributed by atoms with Gasteiger partial charge in [0.25, 0.3) is 5.91 Å². The van der Waals surface area contributed by atoms with E-state index >= 15 is 0 Å². The number of hydrogen-bond donors (Lipinski definition) is 2. The summed E-state index contributed by atoms with van der Waals surface area (Å²) in [4.78, 5) is 55.7. The number of ether oxygens (including phenoxy) is 1. The second-order valence-electron chi connectivity index (χ2n) is 11.2. The number of thiazole rings is 1. The number of carbonyl (C=O) groups excluding carboxylic acids is 3. The highest BCUT2D eigenvalue weighted by Crippen LogP contribution is 2.30. The van der Waals surface area contributed by atoms with E-state index in [4.69, 9.17) is 4.74 Å². The third-order valence-electron chi connectivity index (χ3n) is 6.76. The first-order valence-electron chi connectivity index (χ1n) is 13.7. The molecule has 40 heavy (non-hydrogen) atoms. The molecule has 1 aromatic heterocycles. The van der Waals surface area contributed by atoms with E-state index in [9.17, 15) is 24.3 Å². The minimum Gasteiger partial charge on any atom is -0.481 e. The second kappa shape index (κ2) is 15.5. The highest BCUT2D eigenvalue weighted by atomic mass is 32.1. The lowest BCUT2D eigenvalue weighted by Crippen LogP contribution is -2.42. The van der Waals surface area contributed by atoms with Crippen molar-refractivity contribution >= 4 is 35.1 Å². The lowest BCUT2D eigenvalue weighted by molar-refractivity contribution is -0.148. The Morgan fingerprint density at radius 1 is 1.05 bits per heavy atom. The maximum atomic E-state index is 13.2. The average Bonchev–Trinajstić information content (AvgIpc) is 3.36. The minimum atomic E-state index is -0.927. The number of rotatable bonds is 15. The predicted molar refractivity (Wildman–Crippen MR) is 155 cm³/mol. The van der Waals surface area contributed by atoms with Crippen LogP contribution in [0.4, 0.5) is 0 Å². The third kappa shape index (κ3) is 10.4. The van der Waals surface area contributed by atoms with Crippen LogP contribution < -0.4 is 5.32 Å². The first-order chi connectivity index (χ1) is 18.8. The normalized spacial score (nSPS) is 14.3. The van der Waals surface area contributed by atoms with E-state index in [-0.39, 0.29) is 35.9 Å². The monoisotopic (exact) mass is 573 g/mol. The van der Waals surface area contributed by atoms with E-state index in [0.717, 1.165) is 5.56 Å². The summed E-state index contributed by atoms with van der Waals surface area (Å²) in [5.41, 5.74) is 1.15. The van der Waals surface area contributed by atoms with Gasteiger partial charge in [-0.15, -0.1) is 11.3 Å². The summed E-state index contributed by atoms with van der Waals surface area (Å²) in [5, 5.41) is 14.5. The van der Waals surface area contributed by atoms with Crippen LogP contribution in [0.25, 0.3) is 0 Å². The van der Waals surface area contributed by atoms with Gasteiger partial charge >= 0.3 is 11.9 Å². The van der Waals surface area contributed by atoms with Crippen molar-refractivity contribution in [1.82, 2.24) is 15.2 Å². The van der Waals surface area contributed by atoms with Gasteiger partial charge in [-0.3, -0.25) is 19.2 Å². The van der Waals surface area contributed by atoms with Crippen LogP contribution in [-0.4, -0.2) is 57.9 Å². The Morgan fingerprint density at radius 2 is 1.70 bits per heavy atom. The molecule has 4 atom stereocenters. The van der Waals surface area contributed by atoms with Crippen LogP contribution in [0.2, 0.25) is 0 Å². The van der Waals surface area contributed by atoms with Crippen LogP contribution in [0, 0.1) is 17.8 Å². The number of nitrogens with zero attached hydrogens (tertiary/aromatic N) is 2. The van der Waals surface area contributed by atoms with Gasteiger partial charge in [0.1, 0.15) is 10.7 Å². The van der Waals surface area contributed by atoms with Gasteiger partial charge < -0.3 is 20.1 Å². The van der Waals surface area contributed by atoms with E-state index < -0.39 is 35.9 Å². The van der Waals surface area contributed by atoms with Gasteiger partial charge in [0.05, 0.1) is 5.92 Å². The fraction of sp³-hybridized carbons (Fsp3) is 0.567. The Balaban J connectivity index is 2.24. The van der Waals surface area contributed by atoms with Crippen molar-refractivity contribution in [2.45, 2.75) is 85.4 Å². The molecule has 0 unspecified atom stereocenters. The zero-order valence-electron chi connectivity index (χ0n) is 24.5. The van der Waals surface area contributed by atoms with Gasteiger partial charge in [0.15, 0.2) is 6.10 Å². The molecule has 0 aliphatic heterocycles. The number of carbonyl (C=O) groups is 4. The molecule has 0 saturated carbocycles. The molecule has 220 valence electrons. The highest BCUT2D eigenvalue weighted by molar-refractivity contribution is 7.09. The molecule has 0 saturated heterocycles. The first-order valence-corrected chi connectivity index (χ1v) is 14.6. The minimum absolute atomic E-state index is 0.0227. The number of amides is 2. The van der Waals surface area contributed by atoms with Crippen molar-refractivity contribution in [3.63, 3.8) is 0 Å². The SMILES string of the molecule is CC(=O)O[C@H](C[C@H](C(C)C)N(C)C(=O)CC(C)C)c1nc(C(=O)N[C@@H](Cc2ccccc2)C[C@H](C)C(=O)O)cs1. The van der Waals surface area contributed by atoms with E-state index in [1.54, 1.807) is 24.3 Å². The molecular weight excluding hydrogens is 530 g/mol. The van der Waals surface area contributed by atoms with E-state index in [1.165, 1.54) is 18.3 Å². The molecule has 2 aromatic rings. The van der Waals surface area contributed by atoms with Crippen LogP contribution >= 0.6 is 11.3 Å². The standard InChI is InChI=1S/C30H43N3O6S/c1-18(2)13-27(35)33(7)25(19(3)4)16-26(39-21(6)34)29-32-24(17-40-29)28(36)31-23(14-20(5)30(37)38)15-22-11-9-8-10-12-22/h8-12,17-20,23,25-26H,13-16H2,1-7H3,(H,31,36)(H,37,38)/t20-,23+,25+,26+/m0/s1. The summed E-state index contributed by atoms with van der Waals surface area (Å²) in [7, 11) is 1.77. The molecule has 0 aliphatic carbocycles. The number of carboxylic acid groups (broad SMARTS) is 1. The van der Waals surface area contributed by atoms with Gasteiger partial charge in [-0.1, -0.05) is 65.0 Å². The quantitative estimate of drug-likeness (QED) is 0.283. The maximum absolute atomic E-state index is 13.2. The molecule has 10 heteroatoms. The summed E-state index contributed by atoms with van der Waals surface area (Å²) in [5.74, 6) is -2.13. The number of benzene rings is 1. The molecule has 1 heterocycles. The first kappa shape index (κ1) is 32.9. The Morgan fingerprint density at radius 3 is 2.25 bits per heavy atom. The molecule has 0 fully saturated rings. The summed E-state index contributed by atoms with van der Waals surface area (Å²) in [6.07, 6.45) is 0.779. The summed E-state index contributed by atoms with van der Waals surface area (Å²) in [6, 6.07) is 8.94. The van der Waals surface area contributed by atoms with Crippen LogP contribution in [0.3, 0.4) is 0 Å². The molecule has 1 aromatic carbocycles. The fourth-order valence-corrected chi connectivity index (χ4v) is 5.43. The zero-order chi connectivity index (χ0) is 30.0. The largest absolute Gasteiger partial charge is 0.481 e. The number of nitrogens with one attached hydrogen (secondary N) is 1. The molecule has 0 aliphatic rings. The Labute approximate surface area is 241 Å². The van der Waals surface area contributed by atoms with Crippen LogP contribution in [0.1, 0.15) is 88.0 Å². The second-order valence-corrected chi connectivity index (χ2v) is 12.0. The third-order valence-corrected chi connectivity index (χ3v) is 7.69. The van der Waals surface area contributed by atoms with E-state index in [0.29, 0.717) is 24.3 Å². The van der Waals surface area contributed by atoms with E-state index in [1.807, 2.05) is 58.0 Å². The Kier molecular flexibility index (Phi) is 12.8. The molecule has 0 spiro atoms. The van der Waals surface area contributed by atoms with Crippen molar-refractivity contribution in [3.05, 3.63) is 52.0 Å². The molecular formula is C30H43N3O6S. The maximum Gasteiger partial charge on any atom is 0.306 e. The molecule has 2 amide bonds. The molecule has 2 rings (SSSR count). The number of carboxylic acids is 1. The molecule has 9 nitrogen and oxygen atoms in total. The van der Waals surface area contributed by atoms with Crippen LogP contribution in [-0.2, 0) is 25.5 Å². The molecule has 0 radical (unpaired) electrons. The predicted octanol–water partition coefficient (Wildman–Crippen LogP) is 5.12. The smallest absolute Gasteiger partial charge is 0.306 e. The Bertz CT molecular complexity index is 1130. The van der Waals surface area contributed by atoms with Crippen molar-refractivity contribution in [1.29, 1.82) is 0 Å². The number of aromatic nitrogens is 1. The Hall–Kier alpha value is -3.27. The number of esters is 1. The van der Waals surface area contributed by atoms with Gasteiger partial charge in [0.2, 0.25) is 5.91 Å². The van der Waals surface area contributed by atoms with Crippen molar-refractivity contribution in [2.24, 2.45) is 17.8 Å². The van der Waals surface area contributed by atoms with Gasteiger partial charge in [-0.05, 0) is 30.2 Å². The lowest BCUT2D eigenvalue weighted by Gasteiger charge is -2.34.